The molecule has 0 bridgehead atoms. The van der Waals surface area contributed by atoms with Gasteiger partial charge in [0.05, 0.1) is 11.4 Å². The molecule has 0 saturated carbocycles. The summed E-state index contributed by atoms with van der Waals surface area (Å²) in [7, 11) is 0. The van der Waals surface area contributed by atoms with E-state index in [-0.39, 0.29) is 0 Å². The van der Waals surface area contributed by atoms with E-state index in [2.05, 4.69) is 22.1 Å². The van der Waals surface area contributed by atoms with Crippen molar-refractivity contribution in [3.63, 3.8) is 0 Å². The minimum absolute atomic E-state index is 0.479. The van der Waals surface area contributed by atoms with Crippen LogP contribution in [0.15, 0.2) is 36.7 Å². The van der Waals surface area contributed by atoms with E-state index in [1.165, 1.54) is 11.1 Å². The van der Waals surface area contributed by atoms with Crippen LogP contribution >= 0.6 is 0 Å². The zero-order valence-corrected chi connectivity index (χ0v) is 10.3. The summed E-state index contributed by atoms with van der Waals surface area (Å²) in [5.74, 6) is 0. The summed E-state index contributed by atoms with van der Waals surface area (Å²) in [6.07, 6.45) is 5.39. The van der Waals surface area contributed by atoms with Gasteiger partial charge in [-0.05, 0) is 36.1 Å². The molecule has 2 aromatic heterocycles. The standard InChI is InChI=1S/C14H18N4/c15-9-13-11(3-1-7-17-13)5-6-12-4-2-8-18-14(12)10-16/h1-4,7-8H,5-6,9-10,15-16H2. The largest absolute Gasteiger partial charge is 0.325 e. The lowest BCUT2D eigenvalue weighted by molar-refractivity contribution is 0.856. The first kappa shape index (κ1) is 12.7. The zero-order valence-electron chi connectivity index (χ0n) is 10.3. The Morgan fingerprint density at radius 2 is 1.22 bits per heavy atom. The van der Waals surface area contributed by atoms with Gasteiger partial charge in [0.2, 0.25) is 0 Å². The van der Waals surface area contributed by atoms with Crippen molar-refractivity contribution in [2.45, 2.75) is 25.9 Å². The molecule has 4 N–H and O–H groups in total. The van der Waals surface area contributed by atoms with E-state index < -0.39 is 0 Å². The van der Waals surface area contributed by atoms with Crippen molar-refractivity contribution < 1.29 is 0 Å². The van der Waals surface area contributed by atoms with E-state index in [9.17, 15) is 0 Å². The Balaban J connectivity index is 2.11. The summed E-state index contributed by atoms with van der Waals surface area (Å²) in [5, 5.41) is 0. The second-order valence-electron chi connectivity index (χ2n) is 4.13. The van der Waals surface area contributed by atoms with E-state index >= 15 is 0 Å². The quantitative estimate of drug-likeness (QED) is 0.825. The predicted octanol–water partition coefficient (Wildman–Crippen LogP) is 1.18. The van der Waals surface area contributed by atoms with Gasteiger partial charge in [0, 0.05) is 25.5 Å². The van der Waals surface area contributed by atoms with E-state index in [1.807, 2.05) is 12.1 Å². The lowest BCUT2D eigenvalue weighted by atomic mass is 10.0. The van der Waals surface area contributed by atoms with Crippen LogP contribution in [0.3, 0.4) is 0 Å². The lowest BCUT2D eigenvalue weighted by Crippen LogP contribution is -2.08. The van der Waals surface area contributed by atoms with E-state index in [0.29, 0.717) is 13.1 Å². The first-order chi connectivity index (χ1) is 8.85. The van der Waals surface area contributed by atoms with Crippen LogP contribution in [0.1, 0.15) is 22.5 Å². The molecule has 0 unspecified atom stereocenters. The molecule has 0 saturated heterocycles. The molecule has 2 aromatic rings. The fourth-order valence-corrected chi connectivity index (χ4v) is 2.03. The van der Waals surface area contributed by atoms with Crippen LogP contribution in [0.5, 0.6) is 0 Å². The Labute approximate surface area is 107 Å². The smallest absolute Gasteiger partial charge is 0.0571 e. The van der Waals surface area contributed by atoms with Crippen molar-refractivity contribution in [3.8, 4) is 0 Å². The molecule has 0 radical (unpaired) electrons. The van der Waals surface area contributed by atoms with Crippen molar-refractivity contribution in [2.24, 2.45) is 11.5 Å². The molecule has 2 heterocycles. The molecule has 0 fully saturated rings. The van der Waals surface area contributed by atoms with Gasteiger partial charge in [-0.25, -0.2) is 0 Å². The molecule has 4 heteroatoms. The molecule has 0 atom stereocenters. The van der Waals surface area contributed by atoms with Crippen LogP contribution in [-0.2, 0) is 25.9 Å². The molecule has 0 aromatic carbocycles. The number of hydrogen-bond acceptors (Lipinski definition) is 4. The summed E-state index contributed by atoms with van der Waals surface area (Å²) in [5.41, 5.74) is 15.7. The van der Waals surface area contributed by atoms with Gasteiger partial charge < -0.3 is 11.5 Å². The number of aryl methyl sites for hydroxylation is 2. The normalized spacial score (nSPS) is 10.6. The number of nitrogens with zero attached hydrogens (tertiary/aromatic N) is 2. The van der Waals surface area contributed by atoms with Crippen LogP contribution in [0.4, 0.5) is 0 Å². The highest BCUT2D eigenvalue weighted by Crippen LogP contribution is 2.12. The monoisotopic (exact) mass is 242 g/mol. The number of rotatable bonds is 5. The first-order valence-electron chi connectivity index (χ1n) is 6.11. The van der Waals surface area contributed by atoms with E-state index in [4.69, 9.17) is 11.5 Å². The highest BCUT2D eigenvalue weighted by atomic mass is 14.7. The zero-order chi connectivity index (χ0) is 12.8. The van der Waals surface area contributed by atoms with Crippen LogP contribution in [0, 0.1) is 0 Å². The molecular formula is C14H18N4. The van der Waals surface area contributed by atoms with Gasteiger partial charge in [0.25, 0.3) is 0 Å². The maximum atomic E-state index is 5.68. The Bertz CT molecular complexity index is 463. The summed E-state index contributed by atoms with van der Waals surface area (Å²) >= 11 is 0. The minimum Gasteiger partial charge on any atom is -0.325 e. The molecule has 0 spiro atoms. The van der Waals surface area contributed by atoms with Gasteiger partial charge >= 0.3 is 0 Å². The maximum Gasteiger partial charge on any atom is 0.0571 e. The third-order valence-electron chi connectivity index (χ3n) is 3.02. The molecule has 18 heavy (non-hydrogen) atoms. The summed E-state index contributed by atoms with van der Waals surface area (Å²) in [6, 6.07) is 8.05. The summed E-state index contributed by atoms with van der Waals surface area (Å²) in [6.45, 7) is 0.958. The summed E-state index contributed by atoms with van der Waals surface area (Å²) < 4.78 is 0. The molecule has 0 aliphatic rings. The predicted molar refractivity (Wildman–Crippen MR) is 71.7 cm³/mol. The van der Waals surface area contributed by atoms with Crippen molar-refractivity contribution >= 4 is 0 Å². The SMILES string of the molecule is NCc1ncccc1CCc1cccnc1CN. The van der Waals surface area contributed by atoms with E-state index in [1.54, 1.807) is 12.4 Å². The number of aromatic nitrogens is 2. The van der Waals surface area contributed by atoms with Gasteiger partial charge in [-0.15, -0.1) is 0 Å². The fraction of sp³-hybridized carbons (Fsp3) is 0.286. The molecule has 0 amide bonds. The Kier molecular flexibility index (Phi) is 4.39. The molecule has 94 valence electrons. The van der Waals surface area contributed by atoms with Gasteiger partial charge in [0.1, 0.15) is 0 Å². The summed E-state index contributed by atoms with van der Waals surface area (Å²) in [4.78, 5) is 8.57. The topological polar surface area (TPSA) is 77.8 Å². The van der Waals surface area contributed by atoms with Crippen molar-refractivity contribution in [1.82, 2.24) is 9.97 Å². The molecule has 0 aliphatic heterocycles. The minimum atomic E-state index is 0.479. The second kappa shape index (κ2) is 6.23. The number of nitrogens with two attached hydrogens (primary N) is 2. The molecular weight excluding hydrogens is 224 g/mol. The molecule has 4 nitrogen and oxygen atoms in total. The highest BCUT2D eigenvalue weighted by Gasteiger charge is 2.05. The van der Waals surface area contributed by atoms with Crippen molar-refractivity contribution in [3.05, 3.63) is 59.2 Å². The average molecular weight is 242 g/mol. The highest BCUT2D eigenvalue weighted by molar-refractivity contribution is 5.24. The van der Waals surface area contributed by atoms with Crippen LogP contribution in [-0.4, -0.2) is 9.97 Å². The Morgan fingerprint density at radius 1 is 0.778 bits per heavy atom. The van der Waals surface area contributed by atoms with Crippen LogP contribution in [0.2, 0.25) is 0 Å². The third-order valence-corrected chi connectivity index (χ3v) is 3.02. The first-order valence-corrected chi connectivity index (χ1v) is 6.11. The molecule has 2 rings (SSSR count). The fourth-order valence-electron chi connectivity index (χ4n) is 2.03. The van der Waals surface area contributed by atoms with Gasteiger partial charge in [-0.1, -0.05) is 12.1 Å². The van der Waals surface area contributed by atoms with Crippen molar-refractivity contribution in [1.29, 1.82) is 0 Å². The number of hydrogen-bond donors (Lipinski definition) is 2. The maximum absolute atomic E-state index is 5.68. The third kappa shape index (κ3) is 2.91. The Morgan fingerprint density at radius 3 is 1.61 bits per heavy atom. The number of pyridine rings is 2. The van der Waals surface area contributed by atoms with Crippen LogP contribution < -0.4 is 11.5 Å². The van der Waals surface area contributed by atoms with E-state index in [0.717, 1.165) is 24.2 Å². The average Bonchev–Trinajstić information content (AvgIpc) is 2.45. The Hall–Kier alpha value is -1.78. The molecule has 0 aliphatic carbocycles. The van der Waals surface area contributed by atoms with Gasteiger partial charge in [-0.2, -0.15) is 0 Å². The lowest BCUT2D eigenvalue weighted by Gasteiger charge is -2.08. The second-order valence-corrected chi connectivity index (χ2v) is 4.13. The van der Waals surface area contributed by atoms with Crippen molar-refractivity contribution in [2.75, 3.05) is 0 Å². The van der Waals surface area contributed by atoms with Gasteiger partial charge in [-0.3, -0.25) is 9.97 Å². The van der Waals surface area contributed by atoms with Crippen LogP contribution in [0.25, 0.3) is 0 Å². The van der Waals surface area contributed by atoms with Gasteiger partial charge in [0.15, 0.2) is 0 Å².